The number of phenols is 1. The standard InChI is InChI=1S/C17H20N6O/c1-22-9-4-5-12(11-22)19-15-17-18-8-10-23(17)16(21-20-15)13-6-2-3-7-14(13)24/h2-3,6-8,10,12,24H,4-5,9,11H2,1H3,(H,19,20)/t12-/m1/s1. The number of hydrogen-bond donors (Lipinski definition) is 2. The van der Waals surface area contributed by atoms with E-state index in [0.717, 1.165) is 25.2 Å². The summed E-state index contributed by atoms with van der Waals surface area (Å²) in [4.78, 5) is 6.73. The summed E-state index contributed by atoms with van der Waals surface area (Å²) in [5.74, 6) is 1.43. The molecule has 124 valence electrons. The van der Waals surface area contributed by atoms with Crippen molar-refractivity contribution in [3.05, 3.63) is 36.7 Å². The van der Waals surface area contributed by atoms with Gasteiger partial charge in [-0.05, 0) is 38.6 Å². The number of hydrogen-bond acceptors (Lipinski definition) is 6. The number of piperidine rings is 1. The van der Waals surface area contributed by atoms with Crippen LogP contribution < -0.4 is 5.32 Å². The van der Waals surface area contributed by atoms with E-state index >= 15 is 0 Å². The predicted octanol–water partition coefficient (Wildman–Crippen LogP) is 2.00. The van der Waals surface area contributed by atoms with Crippen LogP contribution in [-0.4, -0.2) is 55.8 Å². The Morgan fingerprint density at radius 3 is 2.96 bits per heavy atom. The van der Waals surface area contributed by atoms with Gasteiger partial charge in [0.1, 0.15) is 5.75 Å². The molecule has 0 spiro atoms. The number of para-hydroxylation sites is 1. The maximum absolute atomic E-state index is 10.1. The summed E-state index contributed by atoms with van der Waals surface area (Å²) < 4.78 is 1.86. The highest BCUT2D eigenvalue weighted by Crippen LogP contribution is 2.28. The van der Waals surface area contributed by atoms with Gasteiger partial charge >= 0.3 is 0 Å². The highest BCUT2D eigenvalue weighted by atomic mass is 16.3. The van der Waals surface area contributed by atoms with E-state index in [1.165, 1.54) is 6.42 Å². The topological polar surface area (TPSA) is 78.6 Å². The maximum atomic E-state index is 10.1. The molecule has 0 radical (unpaired) electrons. The lowest BCUT2D eigenvalue weighted by Gasteiger charge is -2.30. The van der Waals surface area contributed by atoms with Gasteiger partial charge in [0, 0.05) is 25.0 Å². The minimum absolute atomic E-state index is 0.177. The summed E-state index contributed by atoms with van der Waals surface area (Å²) in [5, 5.41) is 22.2. The molecule has 0 unspecified atom stereocenters. The minimum atomic E-state index is 0.177. The Morgan fingerprint density at radius 2 is 2.12 bits per heavy atom. The Labute approximate surface area is 140 Å². The number of nitrogens with one attached hydrogen (secondary N) is 1. The van der Waals surface area contributed by atoms with Crippen molar-refractivity contribution in [2.45, 2.75) is 18.9 Å². The van der Waals surface area contributed by atoms with Crippen LogP contribution >= 0.6 is 0 Å². The smallest absolute Gasteiger partial charge is 0.192 e. The molecule has 7 heteroatoms. The Bertz CT molecular complexity index is 861. The van der Waals surface area contributed by atoms with Gasteiger partial charge in [0.2, 0.25) is 0 Å². The normalized spacial score (nSPS) is 18.8. The fraction of sp³-hybridized carbons (Fsp3) is 0.353. The summed E-state index contributed by atoms with van der Waals surface area (Å²) in [6.07, 6.45) is 5.84. The lowest BCUT2D eigenvalue weighted by atomic mass is 10.1. The van der Waals surface area contributed by atoms with E-state index in [1.54, 1.807) is 18.3 Å². The van der Waals surface area contributed by atoms with Gasteiger partial charge in [-0.25, -0.2) is 4.98 Å². The number of benzene rings is 1. The Hall–Kier alpha value is -2.67. The first-order chi connectivity index (χ1) is 11.7. The number of imidazole rings is 1. The van der Waals surface area contributed by atoms with Crippen molar-refractivity contribution in [1.29, 1.82) is 0 Å². The van der Waals surface area contributed by atoms with E-state index in [1.807, 2.05) is 22.7 Å². The van der Waals surface area contributed by atoms with Crippen LogP contribution in [0.15, 0.2) is 36.7 Å². The summed E-state index contributed by atoms with van der Waals surface area (Å²) in [6, 6.07) is 7.46. The zero-order valence-electron chi connectivity index (χ0n) is 13.6. The summed E-state index contributed by atoms with van der Waals surface area (Å²) in [5.41, 5.74) is 1.36. The van der Waals surface area contributed by atoms with E-state index < -0.39 is 0 Å². The van der Waals surface area contributed by atoms with Gasteiger partial charge in [-0.3, -0.25) is 4.40 Å². The van der Waals surface area contributed by atoms with Gasteiger partial charge in [0.25, 0.3) is 0 Å². The summed E-state index contributed by atoms with van der Waals surface area (Å²) in [6.45, 7) is 2.12. The molecule has 1 atom stereocenters. The Balaban J connectivity index is 1.71. The molecule has 1 aromatic carbocycles. The van der Waals surface area contributed by atoms with Crippen LogP contribution in [0.1, 0.15) is 12.8 Å². The van der Waals surface area contributed by atoms with Crippen molar-refractivity contribution in [3.63, 3.8) is 0 Å². The van der Waals surface area contributed by atoms with Crippen LogP contribution in [0.25, 0.3) is 17.0 Å². The first-order valence-electron chi connectivity index (χ1n) is 8.15. The Kier molecular flexibility index (Phi) is 3.78. The second-order valence-electron chi connectivity index (χ2n) is 6.26. The number of phenolic OH excluding ortho intramolecular Hbond substituents is 1. The third kappa shape index (κ3) is 2.67. The third-order valence-corrected chi connectivity index (χ3v) is 4.44. The molecular weight excluding hydrogens is 304 g/mol. The van der Waals surface area contributed by atoms with Gasteiger partial charge in [-0.2, -0.15) is 0 Å². The molecule has 3 aromatic rings. The van der Waals surface area contributed by atoms with Gasteiger partial charge in [-0.1, -0.05) is 12.1 Å². The second-order valence-corrected chi connectivity index (χ2v) is 6.26. The fourth-order valence-corrected chi connectivity index (χ4v) is 3.26. The first-order valence-corrected chi connectivity index (χ1v) is 8.15. The average Bonchev–Trinajstić information content (AvgIpc) is 3.06. The number of nitrogens with zero attached hydrogens (tertiary/aromatic N) is 5. The molecule has 1 fully saturated rings. The molecule has 2 aromatic heterocycles. The molecule has 0 amide bonds. The van der Waals surface area contributed by atoms with E-state index in [0.29, 0.717) is 23.2 Å². The van der Waals surface area contributed by atoms with Crippen molar-refractivity contribution in [3.8, 4) is 17.1 Å². The number of fused-ring (bicyclic) bond motifs is 1. The van der Waals surface area contributed by atoms with E-state index in [-0.39, 0.29) is 5.75 Å². The molecule has 3 heterocycles. The van der Waals surface area contributed by atoms with Crippen LogP contribution in [0.5, 0.6) is 5.75 Å². The largest absolute Gasteiger partial charge is 0.507 e. The maximum Gasteiger partial charge on any atom is 0.192 e. The average molecular weight is 324 g/mol. The van der Waals surface area contributed by atoms with Crippen molar-refractivity contribution in [2.75, 3.05) is 25.5 Å². The molecule has 0 aliphatic carbocycles. The van der Waals surface area contributed by atoms with Crippen molar-refractivity contribution < 1.29 is 5.11 Å². The number of aromatic hydroxyl groups is 1. The van der Waals surface area contributed by atoms with Crippen molar-refractivity contribution >= 4 is 11.5 Å². The number of anilines is 1. The van der Waals surface area contributed by atoms with E-state index in [2.05, 4.69) is 32.4 Å². The van der Waals surface area contributed by atoms with Crippen molar-refractivity contribution in [1.82, 2.24) is 24.5 Å². The lowest BCUT2D eigenvalue weighted by Crippen LogP contribution is -2.40. The zero-order valence-corrected chi connectivity index (χ0v) is 13.6. The number of likely N-dealkylation sites (tertiary alicyclic amines) is 1. The quantitative estimate of drug-likeness (QED) is 0.767. The van der Waals surface area contributed by atoms with Crippen LogP contribution in [0.4, 0.5) is 5.82 Å². The molecule has 0 bridgehead atoms. The predicted molar refractivity (Wildman–Crippen MR) is 92.0 cm³/mol. The van der Waals surface area contributed by atoms with Crippen LogP contribution in [0.2, 0.25) is 0 Å². The third-order valence-electron chi connectivity index (χ3n) is 4.44. The number of rotatable bonds is 3. The first kappa shape index (κ1) is 14.9. The van der Waals surface area contributed by atoms with Gasteiger partial charge in [-0.15, -0.1) is 10.2 Å². The molecule has 1 aliphatic rings. The Morgan fingerprint density at radius 1 is 1.25 bits per heavy atom. The lowest BCUT2D eigenvalue weighted by molar-refractivity contribution is 0.260. The van der Waals surface area contributed by atoms with E-state index in [4.69, 9.17) is 0 Å². The summed E-state index contributed by atoms with van der Waals surface area (Å²) in [7, 11) is 2.13. The van der Waals surface area contributed by atoms with Crippen LogP contribution in [-0.2, 0) is 0 Å². The van der Waals surface area contributed by atoms with Gasteiger partial charge < -0.3 is 15.3 Å². The molecule has 0 saturated carbocycles. The second kappa shape index (κ2) is 6.09. The van der Waals surface area contributed by atoms with E-state index in [9.17, 15) is 5.11 Å². The molecule has 24 heavy (non-hydrogen) atoms. The number of likely N-dealkylation sites (N-methyl/N-ethyl adjacent to an activating group) is 1. The molecular formula is C17H20N6O. The molecule has 1 aliphatic heterocycles. The highest BCUT2D eigenvalue weighted by Gasteiger charge is 2.20. The molecule has 4 rings (SSSR count). The monoisotopic (exact) mass is 324 g/mol. The number of aromatic nitrogens is 4. The fourth-order valence-electron chi connectivity index (χ4n) is 3.26. The SMILES string of the molecule is CN1CCC[C@@H](Nc2nnc(-c3ccccc3O)n3ccnc23)C1. The van der Waals surface area contributed by atoms with Crippen molar-refractivity contribution in [2.24, 2.45) is 0 Å². The molecule has 2 N–H and O–H groups in total. The molecule has 1 saturated heterocycles. The highest BCUT2D eigenvalue weighted by molar-refractivity contribution is 5.70. The van der Waals surface area contributed by atoms with Crippen LogP contribution in [0, 0.1) is 0 Å². The summed E-state index contributed by atoms with van der Waals surface area (Å²) >= 11 is 0. The van der Waals surface area contributed by atoms with Crippen LogP contribution in [0.3, 0.4) is 0 Å². The van der Waals surface area contributed by atoms with Gasteiger partial charge in [0.05, 0.1) is 5.56 Å². The molecule has 7 nitrogen and oxygen atoms in total. The zero-order chi connectivity index (χ0) is 16.5. The minimum Gasteiger partial charge on any atom is -0.507 e. The van der Waals surface area contributed by atoms with Gasteiger partial charge in [0.15, 0.2) is 17.3 Å².